The molecule has 0 aliphatic carbocycles. The summed E-state index contributed by atoms with van der Waals surface area (Å²) in [6.45, 7) is 6.09. The van der Waals surface area contributed by atoms with E-state index in [1.165, 1.54) is 0 Å². The van der Waals surface area contributed by atoms with E-state index >= 15 is 0 Å². The number of aromatic nitrogens is 2. The van der Waals surface area contributed by atoms with E-state index < -0.39 is 0 Å². The van der Waals surface area contributed by atoms with Gasteiger partial charge in [-0.2, -0.15) is 5.10 Å². The molecule has 0 radical (unpaired) electrons. The van der Waals surface area contributed by atoms with E-state index in [0.717, 1.165) is 22.6 Å². The van der Waals surface area contributed by atoms with Crippen molar-refractivity contribution in [3.8, 4) is 5.69 Å². The summed E-state index contributed by atoms with van der Waals surface area (Å²) < 4.78 is 6.86. The van der Waals surface area contributed by atoms with Crippen molar-refractivity contribution < 1.29 is 14.3 Å². The zero-order chi connectivity index (χ0) is 20.8. The molecule has 0 fully saturated rings. The van der Waals surface area contributed by atoms with Crippen molar-refractivity contribution in [1.29, 1.82) is 0 Å². The van der Waals surface area contributed by atoms with Gasteiger partial charge in [0.25, 0.3) is 0 Å². The average Bonchev–Trinajstić information content (AvgIpc) is 3.05. The second-order valence-electron chi connectivity index (χ2n) is 6.85. The fourth-order valence-corrected chi connectivity index (χ4v) is 3.08. The van der Waals surface area contributed by atoms with Gasteiger partial charge in [-0.25, -0.2) is 9.48 Å². The molecule has 0 saturated carbocycles. The third-order valence-electron chi connectivity index (χ3n) is 4.51. The first kappa shape index (κ1) is 20.3. The molecule has 6 nitrogen and oxygen atoms in total. The van der Waals surface area contributed by atoms with Crippen LogP contribution in [0.25, 0.3) is 5.69 Å². The van der Waals surface area contributed by atoms with E-state index in [-0.39, 0.29) is 11.9 Å². The number of hydrogen-bond donors (Lipinski definition) is 1. The van der Waals surface area contributed by atoms with E-state index in [0.29, 0.717) is 30.7 Å². The van der Waals surface area contributed by atoms with Crippen molar-refractivity contribution in [1.82, 2.24) is 9.78 Å². The van der Waals surface area contributed by atoms with Gasteiger partial charge in [-0.3, -0.25) is 4.79 Å². The number of amides is 1. The SMILES string of the molecule is CCOC(=O)c1ccc(NC(=O)CCc2ccc(-n3nc(C)cc3C)cc2)cc1. The van der Waals surface area contributed by atoms with Gasteiger partial charge >= 0.3 is 5.97 Å². The van der Waals surface area contributed by atoms with Crippen LogP contribution in [0.5, 0.6) is 0 Å². The number of esters is 1. The zero-order valence-corrected chi connectivity index (χ0v) is 16.9. The smallest absolute Gasteiger partial charge is 0.338 e. The Kier molecular flexibility index (Phi) is 6.44. The minimum atomic E-state index is -0.366. The van der Waals surface area contributed by atoms with Crippen LogP contribution < -0.4 is 5.32 Å². The highest BCUT2D eigenvalue weighted by Gasteiger charge is 2.08. The van der Waals surface area contributed by atoms with Crippen LogP contribution in [0, 0.1) is 13.8 Å². The van der Waals surface area contributed by atoms with Crippen LogP contribution in [-0.4, -0.2) is 28.3 Å². The molecule has 3 rings (SSSR count). The van der Waals surface area contributed by atoms with Crippen LogP contribution in [-0.2, 0) is 16.0 Å². The third kappa shape index (κ3) is 5.31. The lowest BCUT2D eigenvalue weighted by atomic mass is 10.1. The van der Waals surface area contributed by atoms with Crippen molar-refractivity contribution in [3.05, 3.63) is 77.1 Å². The number of ether oxygens (including phenoxy) is 1. The highest BCUT2D eigenvalue weighted by atomic mass is 16.5. The molecule has 29 heavy (non-hydrogen) atoms. The van der Waals surface area contributed by atoms with Crippen molar-refractivity contribution in [2.45, 2.75) is 33.6 Å². The van der Waals surface area contributed by atoms with Crippen molar-refractivity contribution in [3.63, 3.8) is 0 Å². The van der Waals surface area contributed by atoms with Crippen molar-refractivity contribution in [2.24, 2.45) is 0 Å². The fraction of sp³-hybridized carbons (Fsp3) is 0.261. The Morgan fingerprint density at radius 1 is 1.03 bits per heavy atom. The predicted octanol–water partition coefficient (Wildman–Crippen LogP) is 4.24. The van der Waals surface area contributed by atoms with Gasteiger partial charge in [0.05, 0.1) is 23.6 Å². The Hall–Kier alpha value is -3.41. The summed E-state index contributed by atoms with van der Waals surface area (Å²) in [5, 5.41) is 7.33. The fourth-order valence-electron chi connectivity index (χ4n) is 3.08. The number of carbonyl (C=O) groups is 2. The van der Waals surface area contributed by atoms with Gasteiger partial charge in [0.15, 0.2) is 0 Å². The van der Waals surface area contributed by atoms with Gasteiger partial charge in [0.1, 0.15) is 0 Å². The Morgan fingerprint density at radius 3 is 2.31 bits per heavy atom. The Labute approximate surface area is 170 Å². The van der Waals surface area contributed by atoms with E-state index in [1.54, 1.807) is 31.2 Å². The molecule has 0 aliphatic rings. The summed E-state index contributed by atoms with van der Waals surface area (Å²) in [5.41, 5.74) is 5.28. The summed E-state index contributed by atoms with van der Waals surface area (Å²) in [6.07, 6.45) is 1.02. The van der Waals surface area contributed by atoms with Crippen LogP contribution >= 0.6 is 0 Å². The van der Waals surface area contributed by atoms with Crippen LogP contribution in [0.4, 0.5) is 5.69 Å². The monoisotopic (exact) mass is 391 g/mol. The van der Waals surface area contributed by atoms with Gasteiger partial charge in [0.2, 0.25) is 5.91 Å². The number of aryl methyl sites for hydroxylation is 3. The molecule has 0 saturated heterocycles. The molecule has 1 heterocycles. The molecule has 0 bridgehead atoms. The first-order valence-corrected chi connectivity index (χ1v) is 9.66. The minimum absolute atomic E-state index is 0.0727. The molecular formula is C23H25N3O3. The second kappa shape index (κ2) is 9.19. The molecule has 1 amide bonds. The number of anilines is 1. The van der Waals surface area contributed by atoms with Gasteiger partial charge < -0.3 is 10.1 Å². The Morgan fingerprint density at radius 2 is 1.72 bits per heavy atom. The second-order valence-corrected chi connectivity index (χ2v) is 6.85. The molecule has 2 aromatic carbocycles. The lowest BCUT2D eigenvalue weighted by molar-refractivity contribution is -0.116. The van der Waals surface area contributed by atoms with E-state index in [2.05, 4.69) is 10.4 Å². The normalized spacial score (nSPS) is 10.6. The molecule has 6 heteroatoms. The summed E-state index contributed by atoms with van der Waals surface area (Å²) in [7, 11) is 0. The molecule has 150 valence electrons. The number of nitrogens with one attached hydrogen (secondary N) is 1. The van der Waals surface area contributed by atoms with E-state index in [4.69, 9.17) is 4.74 Å². The molecule has 0 unspecified atom stereocenters. The van der Waals surface area contributed by atoms with Crippen molar-refractivity contribution >= 4 is 17.6 Å². The quantitative estimate of drug-likeness (QED) is 0.612. The van der Waals surface area contributed by atoms with Gasteiger partial charge in [-0.1, -0.05) is 12.1 Å². The number of nitrogens with zero attached hydrogens (tertiary/aromatic N) is 2. The van der Waals surface area contributed by atoms with Crippen LogP contribution in [0.3, 0.4) is 0 Å². The standard InChI is InChI=1S/C23H25N3O3/c1-4-29-23(28)19-8-10-20(11-9-19)24-22(27)14-7-18-5-12-21(13-6-18)26-17(3)15-16(2)25-26/h5-6,8-13,15H,4,7,14H2,1-3H3,(H,24,27). The molecule has 0 spiro atoms. The largest absolute Gasteiger partial charge is 0.462 e. The number of carbonyl (C=O) groups excluding carboxylic acids is 2. The lowest BCUT2D eigenvalue weighted by Crippen LogP contribution is -2.12. The summed E-state index contributed by atoms with van der Waals surface area (Å²) in [6, 6.07) is 16.8. The predicted molar refractivity (Wildman–Crippen MR) is 112 cm³/mol. The first-order valence-electron chi connectivity index (χ1n) is 9.66. The summed E-state index contributed by atoms with van der Waals surface area (Å²) in [4.78, 5) is 23.9. The van der Waals surface area contributed by atoms with Crippen LogP contribution in [0.15, 0.2) is 54.6 Å². The molecule has 0 aliphatic heterocycles. The van der Waals surface area contributed by atoms with E-state index in [1.807, 2.05) is 48.9 Å². The molecule has 0 atom stereocenters. The highest BCUT2D eigenvalue weighted by Crippen LogP contribution is 2.15. The average molecular weight is 391 g/mol. The highest BCUT2D eigenvalue weighted by molar-refractivity contribution is 5.93. The zero-order valence-electron chi connectivity index (χ0n) is 16.9. The minimum Gasteiger partial charge on any atom is -0.462 e. The van der Waals surface area contributed by atoms with E-state index in [9.17, 15) is 9.59 Å². The molecule has 1 aromatic heterocycles. The van der Waals surface area contributed by atoms with Crippen molar-refractivity contribution in [2.75, 3.05) is 11.9 Å². The topological polar surface area (TPSA) is 73.2 Å². The number of hydrogen-bond acceptors (Lipinski definition) is 4. The first-order chi connectivity index (χ1) is 14.0. The van der Waals surface area contributed by atoms with Gasteiger partial charge in [-0.15, -0.1) is 0 Å². The molecule has 1 N–H and O–H groups in total. The van der Waals surface area contributed by atoms with Crippen LogP contribution in [0.1, 0.15) is 40.7 Å². The molecule has 3 aromatic rings. The number of benzene rings is 2. The lowest BCUT2D eigenvalue weighted by Gasteiger charge is -2.08. The van der Waals surface area contributed by atoms with Gasteiger partial charge in [-0.05, 0) is 75.2 Å². The Balaban J connectivity index is 1.53. The maximum Gasteiger partial charge on any atom is 0.338 e. The molecular weight excluding hydrogens is 366 g/mol. The maximum atomic E-state index is 12.2. The van der Waals surface area contributed by atoms with Gasteiger partial charge in [0, 0.05) is 17.8 Å². The van der Waals surface area contributed by atoms with Crippen LogP contribution in [0.2, 0.25) is 0 Å². The Bertz CT molecular complexity index is 989. The number of rotatable bonds is 7. The third-order valence-corrected chi connectivity index (χ3v) is 4.51. The maximum absolute atomic E-state index is 12.2. The summed E-state index contributed by atoms with van der Waals surface area (Å²) >= 11 is 0. The summed E-state index contributed by atoms with van der Waals surface area (Å²) in [5.74, 6) is -0.439.